The van der Waals surface area contributed by atoms with E-state index in [4.69, 9.17) is 26.4 Å². The van der Waals surface area contributed by atoms with Crippen LogP contribution in [0.4, 0.5) is 17.1 Å². The van der Waals surface area contributed by atoms with Crippen molar-refractivity contribution in [2.24, 2.45) is 0 Å². The van der Waals surface area contributed by atoms with Crippen molar-refractivity contribution >= 4 is 29.3 Å². The number of aromatic amines is 2. The maximum absolute atomic E-state index is 12.5. The number of H-pyrrole nitrogens is 2. The van der Waals surface area contributed by atoms with E-state index in [2.05, 4.69) is 14.9 Å². The molecule has 2 fully saturated rings. The van der Waals surface area contributed by atoms with Gasteiger partial charge in [0.15, 0.2) is 10.9 Å². The van der Waals surface area contributed by atoms with Gasteiger partial charge < -0.3 is 29.0 Å². The summed E-state index contributed by atoms with van der Waals surface area (Å²) in [5, 5.41) is 12.0. The molecule has 2 N–H and O–H groups in total. The van der Waals surface area contributed by atoms with Gasteiger partial charge in [-0.3, -0.25) is 19.9 Å². The molecule has 0 aliphatic carbocycles. The van der Waals surface area contributed by atoms with Gasteiger partial charge in [-0.1, -0.05) is 0 Å². The fraction of sp³-hybridized carbons (Fsp3) is 0.474. The molecule has 5 rings (SSSR count). The molecule has 3 aliphatic rings. The summed E-state index contributed by atoms with van der Waals surface area (Å²) in [5.74, 6) is 0.298. The molecule has 0 bridgehead atoms. The SMILES string of the molecule is O=c1[nH]c(=S)[nH]c2c1[C@@H](c1cc([N+](=O)[O-])c(N3CCOCC3)cc1N1CCOCC1)O2. The Labute approximate surface area is 181 Å². The highest BCUT2D eigenvalue weighted by Gasteiger charge is 2.39. The zero-order valence-corrected chi connectivity index (χ0v) is 17.4. The number of anilines is 2. The molecule has 4 heterocycles. The molecule has 0 amide bonds. The molecule has 0 saturated carbocycles. The van der Waals surface area contributed by atoms with Gasteiger partial charge in [0.2, 0.25) is 5.88 Å². The number of hydrogen-bond donors (Lipinski definition) is 2. The number of rotatable bonds is 4. The highest BCUT2D eigenvalue weighted by atomic mass is 32.1. The van der Waals surface area contributed by atoms with E-state index in [1.807, 2.05) is 11.0 Å². The molecule has 164 valence electrons. The number of nitro benzene ring substituents is 1. The van der Waals surface area contributed by atoms with Crippen molar-refractivity contribution in [1.29, 1.82) is 0 Å². The monoisotopic (exact) mass is 447 g/mol. The zero-order valence-electron chi connectivity index (χ0n) is 16.6. The van der Waals surface area contributed by atoms with Gasteiger partial charge in [0.1, 0.15) is 11.3 Å². The minimum atomic E-state index is -0.721. The number of nitro groups is 1. The maximum atomic E-state index is 12.5. The number of fused-ring (bicyclic) bond motifs is 1. The summed E-state index contributed by atoms with van der Waals surface area (Å²) in [7, 11) is 0. The van der Waals surface area contributed by atoms with E-state index in [0.717, 1.165) is 5.69 Å². The van der Waals surface area contributed by atoms with Crippen molar-refractivity contribution in [3.63, 3.8) is 0 Å². The van der Waals surface area contributed by atoms with Crippen LogP contribution in [0.15, 0.2) is 16.9 Å². The van der Waals surface area contributed by atoms with Crippen LogP contribution in [-0.2, 0) is 9.47 Å². The van der Waals surface area contributed by atoms with E-state index in [1.54, 1.807) is 0 Å². The molecule has 12 heteroatoms. The third-order valence-corrected chi connectivity index (χ3v) is 5.95. The zero-order chi connectivity index (χ0) is 21.5. The predicted molar refractivity (Wildman–Crippen MR) is 114 cm³/mol. The first-order valence-corrected chi connectivity index (χ1v) is 10.4. The van der Waals surface area contributed by atoms with Gasteiger partial charge in [-0.05, 0) is 18.3 Å². The largest absolute Gasteiger partial charge is 0.465 e. The first-order chi connectivity index (χ1) is 15.0. The van der Waals surface area contributed by atoms with E-state index < -0.39 is 6.10 Å². The number of aromatic nitrogens is 2. The summed E-state index contributed by atoms with van der Waals surface area (Å²) in [4.78, 5) is 33.6. The molecule has 1 aromatic carbocycles. The number of benzene rings is 1. The molecule has 1 aromatic heterocycles. The standard InChI is InChI=1S/C19H21N5O6S/c25-17-15-16(30-18(15)21-19(31)20-17)11-9-14(24(26)27)13(23-3-7-29-8-4-23)10-12(11)22-1-5-28-6-2-22/h9-10,16H,1-8H2,(H2,20,21,25,31)/t16-/m1/s1. The topological polar surface area (TPSA) is 126 Å². The maximum Gasteiger partial charge on any atom is 0.293 e. The van der Waals surface area contributed by atoms with Gasteiger partial charge in [0, 0.05) is 43.5 Å². The second-order valence-corrected chi connectivity index (χ2v) is 7.91. The molecule has 2 aromatic rings. The number of morpholine rings is 2. The fourth-order valence-corrected chi connectivity index (χ4v) is 4.40. The van der Waals surface area contributed by atoms with Gasteiger partial charge in [0.05, 0.1) is 31.4 Å². The summed E-state index contributed by atoms with van der Waals surface area (Å²) in [5.41, 5.74) is 1.92. The van der Waals surface area contributed by atoms with Crippen molar-refractivity contribution < 1.29 is 19.1 Å². The van der Waals surface area contributed by atoms with E-state index in [0.29, 0.717) is 75.3 Å². The molecule has 31 heavy (non-hydrogen) atoms. The van der Waals surface area contributed by atoms with Crippen LogP contribution < -0.4 is 20.1 Å². The Bertz CT molecular complexity index is 1140. The minimum absolute atomic E-state index is 0.0220. The van der Waals surface area contributed by atoms with Crippen LogP contribution in [0, 0.1) is 14.9 Å². The van der Waals surface area contributed by atoms with E-state index in [1.165, 1.54) is 6.07 Å². The Kier molecular flexibility index (Phi) is 5.12. The van der Waals surface area contributed by atoms with Gasteiger partial charge in [-0.15, -0.1) is 0 Å². The molecular formula is C19H21N5O6S. The second kappa shape index (κ2) is 7.94. The van der Waals surface area contributed by atoms with Gasteiger partial charge in [-0.25, -0.2) is 0 Å². The van der Waals surface area contributed by atoms with Crippen molar-refractivity contribution in [2.75, 3.05) is 62.4 Å². The van der Waals surface area contributed by atoms with Crippen molar-refractivity contribution in [3.8, 4) is 5.88 Å². The lowest BCUT2D eigenvalue weighted by molar-refractivity contribution is -0.384. The van der Waals surface area contributed by atoms with Crippen LogP contribution in [0.25, 0.3) is 0 Å². The molecule has 0 unspecified atom stereocenters. The van der Waals surface area contributed by atoms with Crippen LogP contribution in [0.3, 0.4) is 0 Å². The molecule has 1 atom stereocenters. The third-order valence-electron chi connectivity index (χ3n) is 5.75. The van der Waals surface area contributed by atoms with Crippen molar-refractivity contribution in [1.82, 2.24) is 9.97 Å². The average molecular weight is 447 g/mol. The first-order valence-electron chi connectivity index (χ1n) is 10.0. The Morgan fingerprint density at radius 1 is 1.00 bits per heavy atom. The van der Waals surface area contributed by atoms with Gasteiger partial charge >= 0.3 is 0 Å². The molecule has 2 saturated heterocycles. The minimum Gasteiger partial charge on any atom is -0.465 e. The van der Waals surface area contributed by atoms with E-state index in [-0.39, 0.29) is 20.9 Å². The van der Waals surface area contributed by atoms with Crippen LogP contribution >= 0.6 is 12.2 Å². The Morgan fingerprint density at radius 2 is 1.61 bits per heavy atom. The van der Waals surface area contributed by atoms with Crippen molar-refractivity contribution in [3.05, 3.63) is 48.5 Å². The first kappa shape index (κ1) is 20.0. The lowest BCUT2D eigenvalue weighted by Gasteiger charge is -2.37. The summed E-state index contributed by atoms with van der Waals surface area (Å²) < 4.78 is 16.9. The fourth-order valence-electron chi connectivity index (χ4n) is 4.22. The average Bonchev–Trinajstić information content (AvgIpc) is 2.76. The highest BCUT2D eigenvalue weighted by Crippen LogP contribution is 2.46. The normalized spacial score (nSPS) is 20.6. The Morgan fingerprint density at radius 3 is 2.19 bits per heavy atom. The second-order valence-electron chi connectivity index (χ2n) is 7.50. The Balaban J connectivity index is 1.65. The summed E-state index contributed by atoms with van der Waals surface area (Å²) in [6, 6.07) is 3.37. The number of ether oxygens (including phenoxy) is 3. The highest BCUT2D eigenvalue weighted by molar-refractivity contribution is 7.71. The van der Waals surface area contributed by atoms with Gasteiger partial charge in [-0.2, -0.15) is 0 Å². The Hall–Kier alpha value is -2.96. The van der Waals surface area contributed by atoms with Crippen LogP contribution in [0.5, 0.6) is 5.88 Å². The summed E-state index contributed by atoms with van der Waals surface area (Å²) in [6.45, 7) is 4.56. The lowest BCUT2D eigenvalue weighted by Crippen LogP contribution is -2.40. The lowest BCUT2D eigenvalue weighted by atomic mass is 9.95. The quantitative estimate of drug-likeness (QED) is 0.407. The third kappa shape index (κ3) is 3.56. The van der Waals surface area contributed by atoms with Crippen molar-refractivity contribution in [2.45, 2.75) is 6.10 Å². The predicted octanol–water partition coefficient (Wildman–Crippen LogP) is 1.50. The summed E-state index contributed by atoms with van der Waals surface area (Å²) in [6.07, 6.45) is -0.721. The number of hydrogen-bond acceptors (Lipinski definition) is 9. The van der Waals surface area contributed by atoms with Crippen LogP contribution in [-0.4, -0.2) is 67.5 Å². The van der Waals surface area contributed by atoms with E-state index in [9.17, 15) is 14.9 Å². The number of nitrogens with one attached hydrogen (secondary N) is 2. The molecule has 3 aliphatic heterocycles. The molecule has 11 nitrogen and oxygen atoms in total. The van der Waals surface area contributed by atoms with Crippen LogP contribution in [0.1, 0.15) is 17.2 Å². The molecule has 0 spiro atoms. The summed E-state index contributed by atoms with van der Waals surface area (Å²) >= 11 is 4.99. The van der Waals surface area contributed by atoms with E-state index >= 15 is 0 Å². The smallest absolute Gasteiger partial charge is 0.293 e. The van der Waals surface area contributed by atoms with Gasteiger partial charge in [0.25, 0.3) is 11.2 Å². The molecule has 0 radical (unpaired) electrons. The number of nitrogens with zero attached hydrogens (tertiary/aromatic N) is 3. The molecular weight excluding hydrogens is 426 g/mol. The van der Waals surface area contributed by atoms with Crippen LogP contribution in [0.2, 0.25) is 0 Å².